The molecule has 0 aliphatic rings. The maximum Gasteiger partial charge on any atom is 0.326 e. The first-order valence-electron chi connectivity index (χ1n) is 41.9. The largest absolute Gasteiger partial charge is 0.508 e. The van der Waals surface area contributed by atoms with Crippen LogP contribution in [-0.2, 0) is 109 Å². The van der Waals surface area contributed by atoms with Gasteiger partial charge in [0.1, 0.15) is 90.3 Å². The Hall–Kier alpha value is -13.3. The van der Waals surface area contributed by atoms with Crippen LogP contribution in [0.25, 0.3) is 0 Å². The number of carbonyl (C=O) groups is 20. The van der Waals surface area contributed by atoms with Gasteiger partial charge in [-0.15, -0.1) is 0 Å². The molecular weight excluding hydrogens is 1720 g/mol. The number of benzene rings is 2. The molecule has 0 bridgehead atoms. The van der Waals surface area contributed by atoms with Crippen molar-refractivity contribution < 1.29 is 147 Å². The van der Waals surface area contributed by atoms with Crippen LogP contribution in [0, 0.1) is 23.2 Å². The van der Waals surface area contributed by atoms with Crippen LogP contribution in [0.1, 0.15) is 162 Å². The highest BCUT2D eigenvalue weighted by Gasteiger charge is 2.41. The highest BCUT2D eigenvalue weighted by molar-refractivity contribution is 6.01. The van der Waals surface area contributed by atoms with Crippen LogP contribution >= 0.6 is 0 Å². The van der Waals surface area contributed by atoms with Crippen LogP contribution in [0.4, 0.5) is 0 Å². The van der Waals surface area contributed by atoms with E-state index in [2.05, 4.69) is 79.8 Å². The molecule has 0 fully saturated rings. The first-order chi connectivity index (χ1) is 61.1. The van der Waals surface area contributed by atoms with Gasteiger partial charge in [0.15, 0.2) is 5.96 Å². The van der Waals surface area contributed by atoms with E-state index in [-0.39, 0.29) is 56.5 Å². The van der Waals surface area contributed by atoms with Crippen LogP contribution < -0.4 is 97.0 Å². The molecule has 49 nitrogen and oxygen atoms in total. The normalized spacial score (nSPS) is 15.0. The summed E-state index contributed by atoms with van der Waals surface area (Å²) in [7, 11) is 0. The molecule has 32 N–H and O–H groups in total. The Balaban J connectivity index is 2.54. The molecule has 14 amide bonds. The number of nitrogens with two attached hydrogens (primary N) is 3. The summed E-state index contributed by atoms with van der Waals surface area (Å²) in [5, 5.41) is 143. The van der Waals surface area contributed by atoms with Crippen LogP contribution in [0.5, 0.6) is 5.75 Å². The topological polar surface area (TPSA) is 826 Å². The molecule has 0 unspecified atom stereocenters. The number of rotatable bonds is 63. The van der Waals surface area contributed by atoms with Crippen molar-refractivity contribution in [2.45, 2.75) is 261 Å². The summed E-state index contributed by atoms with van der Waals surface area (Å²) < 4.78 is 0. The van der Waals surface area contributed by atoms with E-state index in [1.165, 1.54) is 58.9 Å². The number of aliphatic hydroxyl groups is 3. The monoisotopic (exact) mass is 1840 g/mol. The molecule has 2 rings (SSSR count). The fourth-order valence-corrected chi connectivity index (χ4v) is 12.5. The minimum absolute atomic E-state index is 0.0535. The van der Waals surface area contributed by atoms with Crippen LogP contribution in [-0.4, -0.2) is 299 Å². The molecule has 49 heteroatoms. The number of aromatic hydroxyl groups is 1. The van der Waals surface area contributed by atoms with Crippen molar-refractivity contribution >= 4 is 124 Å². The standard InChI is InChI=1S/C81H125N19O30/c1-8-41(6)64(99-71(120)51(27-32-61(113)114)87-67(116)47(23-28-57(105)106)91-79(128)65(42(7)103)100-66(115)46(83)17-12-13-33-82)78(127)96-55(37-101)74(123)89-50(26-31-60(111)112)70(119)98-63(40(4)5)77(126)95-56(38-102)75(124)94-54(36-44-19-21-45(104)22-20-44)72(121)88-49(25-30-59(109)110)69(118)97-62(39(2)3)76(125)90-48(24-29-58(107)108)68(117)93-53(35-43-15-10-9-11-16-43)73(122)92-52(80(129)130)18-14-34-86-81(84)85/h9-11,15-16,19-22,39-42,46-56,62-65,101-104H,8,12-14,17-18,23-38,82-83H2,1-7H3,(H,87,116)(H,88,121)(H,89,123)(H,90,125)(H,91,128)(H,92,122)(H,93,117)(H,94,124)(H,95,126)(H,96,127)(H,97,118)(H,98,119)(H,99,120)(H,100,115)(H,105,106)(H,107,108)(H,109,110)(H,111,112)(H,113,114)(H,129,130)(H4,84,85,86)/t41-,42+,46-,47-,48-,49-,50-,51-,52-,53-,54-,55-,56-,62-,63-,64-,65-/m0/s1. The summed E-state index contributed by atoms with van der Waals surface area (Å²) in [5.74, 6) is -29.6. The predicted octanol–water partition coefficient (Wildman–Crippen LogP) is -7.18. The molecule has 2 aromatic rings. The summed E-state index contributed by atoms with van der Waals surface area (Å²) >= 11 is 0. The summed E-state index contributed by atoms with van der Waals surface area (Å²) in [6.07, 6.45) is -9.15. The number of amides is 14. The van der Waals surface area contributed by atoms with Gasteiger partial charge in [0.25, 0.3) is 0 Å². The van der Waals surface area contributed by atoms with E-state index in [0.717, 1.165) is 6.92 Å². The second-order valence-corrected chi connectivity index (χ2v) is 31.5. The Morgan fingerprint density at radius 3 is 0.985 bits per heavy atom. The number of phenols is 1. The highest BCUT2D eigenvalue weighted by atomic mass is 16.4. The zero-order valence-electron chi connectivity index (χ0n) is 73.1. The molecule has 0 radical (unpaired) electrons. The number of carbonyl (C=O) groups excluding carboxylic acids is 14. The highest BCUT2D eigenvalue weighted by Crippen LogP contribution is 2.18. The molecule has 0 saturated carbocycles. The number of phenolic OH excluding ortho intramolecular Hbond substituents is 1. The van der Waals surface area contributed by atoms with Crippen LogP contribution in [0.3, 0.4) is 0 Å². The van der Waals surface area contributed by atoms with Crippen molar-refractivity contribution in [3.05, 3.63) is 65.7 Å². The number of nitrogens with one attached hydrogen (secondary N) is 16. The predicted molar refractivity (Wildman–Crippen MR) is 456 cm³/mol. The van der Waals surface area contributed by atoms with Gasteiger partial charge in [0, 0.05) is 51.5 Å². The lowest BCUT2D eigenvalue weighted by Crippen LogP contribution is -2.62. The molecular formula is C81H125N19O30. The Kier molecular flexibility index (Phi) is 50.5. The lowest BCUT2D eigenvalue weighted by molar-refractivity contribution is -0.142. The van der Waals surface area contributed by atoms with Crippen molar-refractivity contribution in [3.63, 3.8) is 0 Å². The second kappa shape index (κ2) is 58.2. The van der Waals surface area contributed by atoms with E-state index in [1.54, 1.807) is 37.3 Å². The Labute approximate surface area is 747 Å². The summed E-state index contributed by atoms with van der Waals surface area (Å²) in [4.78, 5) is 270. The number of guanidine groups is 1. The fraction of sp³-hybridized carbons (Fsp3) is 0.593. The van der Waals surface area contributed by atoms with Gasteiger partial charge in [-0.2, -0.15) is 0 Å². The smallest absolute Gasteiger partial charge is 0.326 e. The SMILES string of the molecule is CC[C@H](C)[C@H](NC(=O)[C@H](CCC(=O)O)NC(=O)[C@H](CCC(=O)O)NC(=O)[C@@H](NC(=O)[C@@H](N)CCCCN)[C@@H](C)O)C(=O)N[C@@H](CO)C(=O)N[C@@H](CCC(=O)O)C(=O)N[C@H](C(=O)N[C@@H](CO)C(=O)N[C@@H](Cc1ccc(O)cc1)C(=O)N[C@@H](CCC(=O)O)C(=O)N[C@H](C(=O)N[C@@H](CCC(=O)O)C(=O)N[C@@H](Cc1ccccc1)C(=O)N[C@@H](CCCNC(=N)N)C(=O)O)C(C)C)C(C)C. The number of hydrogen-bond acceptors (Lipinski definition) is 27. The molecule has 130 heavy (non-hydrogen) atoms. The average molecular weight is 1840 g/mol. The van der Waals surface area contributed by atoms with Crippen LogP contribution in [0.15, 0.2) is 54.6 Å². The molecule has 17 atom stereocenters. The lowest BCUT2D eigenvalue weighted by atomic mass is 9.97. The third-order valence-corrected chi connectivity index (χ3v) is 20.2. The van der Waals surface area contributed by atoms with E-state index in [4.69, 9.17) is 22.6 Å². The second-order valence-electron chi connectivity index (χ2n) is 31.5. The fourth-order valence-electron chi connectivity index (χ4n) is 12.5. The van der Waals surface area contributed by atoms with E-state index >= 15 is 0 Å². The molecule has 0 aliphatic carbocycles. The molecule has 724 valence electrons. The summed E-state index contributed by atoms with van der Waals surface area (Å²) in [6, 6.07) is -13.8. The van der Waals surface area contributed by atoms with Gasteiger partial charge in [0.05, 0.1) is 25.4 Å². The number of aliphatic hydroxyl groups excluding tert-OH is 3. The van der Waals surface area contributed by atoms with Gasteiger partial charge in [-0.05, 0) is 112 Å². The summed E-state index contributed by atoms with van der Waals surface area (Å²) in [5.41, 5.74) is 17.4. The van der Waals surface area contributed by atoms with Gasteiger partial charge in [0.2, 0.25) is 82.7 Å². The molecule has 2 aromatic carbocycles. The average Bonchev–Trinajstić information content (AvgIpc) is 0.846. The Morgan fingerprint density at radius 1 is 0.354 bits per heavy atom. The van der Waals surface area contributed by atoms with E-state index in [1.807, 2.05) is 0 Å². The number of hydrogen-bond donors (Lipinski definition) is 29. The quantitative estimate of drug-likeness (QED) is 0.0166. The number of carboxylic acids is 6. The van der Waals surface area contributed by atoms with Gasteiger partial charge in [-0.1, -0.05) is 96.8 Å². The van der Waals surface area contributed by atoms with Crippen molar-refractivity contribution in [1.29, 1.82) is 5.41 Å². The molecule has 0 spiro atoms. The molecule has 0 saturated heterocycles. The first kappa shape index (κ1) is 113. The van der Waals surface area contributed by atoms with Crippen molar-refractivity contribution in [2.75, 3.05) is 26.3 Å². The van der Waals surface area contributed by atoms with Crippen molar-refractivity contribution in [2.24, 2.45) is 35.0 Å². The van der Waals surface area contributed by atoms with E-state index in [0.29, 0.717) is 18.4 Å². The minimum Gasteiger partial charge on any atom is -0.508 e. The molecule has 0 aliphatic heterocycles. The van der Waals surface area contributed by atoms with Gasteiger partial charge in [-0.25, -0.2) is 4.79 Å². The minimum atomic E-state index is -2.07. The van der Waals surface area contributed by atoms with E-state index < -0.39 is 323 Å². The van der Waals surface area contributed by atoms with Crippen molar-refractivity contribution in [3.8, 4) is 5.75 Å². The van der Waals surface area contributed by atoms with Crippen molar-refractivity contribution in [1.82, 2.24) is 79.8 Å². The number of carboxylic acid groups (broad SMARTS) is 6. The Morgan fingerprint density at radius 2 is 0.654 bits per heavy atom. The number of unbranched alkanes of at least 4 members (excludes halogenated alkanes) is 1. The van der Waals surface area contributed by atoms with Gasteiger partial charge < -0.3 is 148 Å². The van der Waals surface area contributed by atoms with Crippen LogP contribution in [0.2, 0.25) is 0 Å². The first-order valence-corrected chi connectivity index (χ1v) is 41.9. The third-order valence-electron chi connectivity index (χ3n) is 20.2. The zero-order chi connectivity index (χ0) is 98.4. The molecule has 0 aromatic heterocycles. The molecule has 0 heterocycles. The third kappa shape index (κ3) is 42.1. The number of aliphatic carboxylic acids is 6. The lowest BCUT2D eigenvalue weighted by Gasteiger charge is -2.30. The Bertz CT molecular complexity index is 4200. The zero-order valence-corrected chi connectivity index (χ0v) is 73.1. The van der Waals surface area contributed by atoms with E-state index in [9.17, 15) is 147 Å². The van der Waals surface area contributed by atoms with Gasteiger partial charge in [-0.3, -0.25) is 96.5 Å². The van der Waals surface area contributed by atoms with Gasteiger partial charge >= 0.3 is 35.8 Å². The summed E-state index contributed by atoms with van der Waals surface area (Å²) in [6.45, 7) is 7.39. The maximum absolute atomic E-state index is 14.7. The maximum atomic E-state index is 14.7.